The molecule has 1 nitrogen and oxygen atoms in total. The molecule has 18 heavy (non-hydrogen) atoms. The molecule has 0 saturated carbocycles. The smallest absolute Gasteiger partial charge is 0.108 e. The van der Waals surface area contributed by atoms with Crippen molar-refractivity contribution in [3.05, 3.63) is 69.2 Å². The molecule has 2 heteroatoms. The van der Waals surface area contributed by atoms with Crippen LogP contribution in [0.4, 0.5) is 0 Å². The Hall–Kier alpha value is -1.12. The lowest BCUT2D eigenvalue weighted by atomic mass is 9.98. The molecule has 92 valence electrons. The minimum atomic E-state index is 0.0963. The van der Waals surface area contributed by atoms with Gasteiger partial charge in [-0.3, -0.25) is 0 Å². The van der Waals surface area contributed by atoms with Crippen molar-refractivity contribution in [3.63, 3.8) is 0 Å². The molecule has 1 atom stereocenters. The van der Waals surface area contributed by atoms with Gasteiger partial charge >= 0.3 is 0 Å². The summed E-state index contributed by atoms with van der Waals surface area (Å²) in [6.07, 6.45) is 1.18. The number of rotatable bonds is 2. The summed E-state index contributed by atoms with van der Waals surface area (Å²) in [5.41, 5.74) is 5.19. The Bertz CT molecular complexity index is 560. The molecule has 1 heterocycles. The highest BCUT2D eigenvalue weighted by atomic mass is 79.9. The van der Waals surface area contributed by atoms with Crippen LogP contribution in [-0.2, 0) is 17.8 Å². The van der Waals surface area contributed by atoms with E-state index in [4.69, 9.17) is 4.74 Å². The highest BCUT2D eigenvalue weighted by Crippen LogP contribution is 2.36. The van der Waals surface area contributed by atoms with Crippen molar-refractivity contribution in [3.8, 4) is 0 Å². The van der Waals surface area contributed by atoms with Crippen molar-refractivity contribution in [2.24, 2.45) is 0 Å². The van der Waals surface area contributed by atoms with Gasteiger partial charge in [0, 0.05) is 4.47 Å². The fourth-order valence-corrected chi connectivity index (χ4v) is 2.83. The molecule has 0 aliphatic carbocycles. The normalized spacial score (nSPS) is 17.8. The van der Waals surface area contributed by atoms with Crippen molar-refractivity contribution in [1.29, 1.82) is 0 Å². The maximum absolute atomic E-state index is 5.92. The van der Waals surface area contributed by atoms with Gasteiger partial charge in [0.2, 0.25) is 0 Å². The number of ether oxygens (including phenoxy) is 1. The lowest BCUT2D eigenvalue weighted by molar-refractivity contribution is 0.0939. The van der Waals surface area contributed by atoms with Gasteiger partial charge in [-0.2, -0.15) is 0 Å². The van der Waals surface area contributed by atoms with E-state index < -0.39 is 0 Å². The summed E-state index contributed by atoms with van der Waals surface area (Å²) in [5.74, 6) is 0. The number of aryl methyl sites for hydroxylation is 1. The van der Waals surface area contributed by atoms with Crippen LogP contribution < -0.4 is 0 Å². The summed E-state index contributed by atoms with van der Waals surface area (Å²) in [7, 11) is 0. The molecule has 0 N–H and O–H groups in total. The van der Waals surface area contributed by atoms with Crippen LogP contribution in [0.1, 0.15) is 35.3 Å². The zero-order valence-corrected chi connectivity index (χ0v) is 11.9. The second-order valence-electron chi connectivity index (χ2n) is 4.63. The van der Waals surface area contributed by atoms with Crippen molar-refractivity contribution in [2.75, 3.05) is 0 Å². The summed E-state index contributed by atoms with van der Waals surface area (Å²) in [5, 5.41) is 0. The third kappa shape index (κ3) is 2.11. The van der Waals surface area contributed by atoms with Crippen molar-refractivity contribution in [2.45, 2.75) is 26.1 Å². The van der Waals surface area contributed by atoms with E-state index in [9.17, 15) is 0 Å². The van der Waals surface area contributed by atoms with Gasteiger partial charge in [-0.25, -0.2) is 0 Å². The molecule has 0 saturated heterocycles. The van der Waals surface area contributed by atoms with Gasteiger partial charge in [0.1, 0.15) is 6.10 Å². The monoisotopic (exact) mass is 302 g/mol. The van der Waals surface area contributed by atoms with E-state index >= 15 is 0 Å². The van der Waals surface area contributed by atoms with E-state index in [0.29, 0.717) is 6.61 Å². The summed E-state index contributed by atoms with van der Waals surface area (Å²) < 4.78 is 7.03. The van der Waals surface area contributed by atoms with E-state index in [2.05, 4.69) is 65.3 Å². The zero-order chi connectivity index (χ0) is 12.5. The number of hydrogen-bond donors (Lipinski definition) is 0. The van der Waals surface area contributed by atoms with Gasteiger partial charge in [-0.15, -0.1) is 0 Å². The van der Waals surface area contributed by atoms with Gasteiger partial charge < -0.3 is 4.74 Å². The molecule has 0 amide bonds. The number of benzene rings is 2. The van der Waals surface area contributed by atoms with Crippen LogP contribution >= 0.6 is 15.9 Å². The van der Waals surface area contributed by atoms with Crippen LogP contribution in [0.2, 0.25) is 0 Å². The summed E-state index contributed by atoms with van der Waals surface area (Å²) in [6.45, 7) is 2.88. The number of halogens is 1. The van der Waals surface area contributed by atoms with E-state index in [1.54, 1.807) is 0 Å². The topological polar surface area (TPSA) is 9.23 Å². The average Bonchev–Trinajstić information content (AvgIpc) is 2.81. The predicted molar refractivity (Wildman–Crippen MR) is 76.6 cm³/mol. The van der Waals surface area contributed by atoms with Gasteiger partial charge in [0.05, 0.1) is 6.61 Å². The van der Waals surface area contributed by atoms with Gasteiger partial charge in [0.15, 0.2) is 0 Å². The summed E-state index contributed by atoms with van der Waals surface area (Å²) in [6, 6.07) is 15.1. The fourth-order valence-electron chi connectivity index (χ4n) is 2.42. The minimum absolute atomic E-state index is 0.0963. The maximum atomic E-state index is 5.92. The quantitative estimate of drug-likeness (QED) is 0.786. The van der Waals surface area contributed by atoms with Crippen LogP contribution in [0.25, 0.3) is 0 Å². The first-order valence-corrected chi connectivity index (χ1v) is 7.06. The first-order chi connectivity index (χ1) is 8.78. The molecule has 1 unspecified atom stereocenters. The summed E-state index contributed by atoms with van der Waals surface area (Å²) in [4.78, 5) is 0. The third-order valence-corrected chi connectivity index (χ3v) is 3.98. The van der Waals surface area contributed by atoms with Crippen molar-refractivity contribution >= 4 is 15.9 Å². The first kappa shape index (κ1) is 11.9. The predicted octanol–water partition coefficient (Wildman–Crippen LogP) is 4.63. The SMILES string of the molecule is CCc1ccc(C2OCc3cc(Br)ccc32)cc1. The molecule has 3 rings (SSSR count). The first-order valence-electron chi connectivity index (χ1n) is 6.26. The Morgan fingerprint density at radius 2 is 1.94 bits per heavy atom. The van der Waals surface area contributed by atoms with E-state index in [0.717, 1.165) is 10.9 Å². The number of hydrogen-bond acceptors (Lipinski definition) is 1. The third-order valence-electron chi connectivity index (χ3n) is 3.48. The Balaban J connectivity index is 1.95. The van der Waals surface area contributed by atoms with Crippen LogP contribution in [0.15, 0.2) is 46.9 Å². The molecule has 1 aliphatic rings. The van der Waals surface area contributed by atoms with E-state index in [1.165, 1.54) is 22.3 Å². The molecular weight excluding hydrogens is 288 g/mol. The van der Waals surface area contributed by atoms with Crippen LogP contribution in [0.5, 0.6) is 0 Å². The minimum Gasteiger partial charge on any atom is -0.364 e. The van der Waals surface area contributed by atoms with Crippen LogP contribution in [-0.4, -0.2) is 0 Å². The molecule has 1 aliphatic heterocycles. The molecule has 0 aromatic heterocycles. The standard InChI is InChI=1S/C16H15BrO/c1-2-11-3-5-12(6-4-11)16-15-8-7-14(17)9-13(15)10-18-16/h3-9,16H,2,10H2,1H3. The Morgan fingerprint density at radius 1 is 1.17 bits per heavy atom. The highest BCUT2D eigenvalue weighted by molar-refractivity contribution is 9.10. The highest BCUT2D eigenvalue weighted by Gasteiger charge is 2.24. The van der Waals surface area contributed by atoms with E-state index in [-0.39, 0.29) is 6.10 Å². The van der Waals surface area contributed by atoms with Crippen molar-refractivity contribution < 1.29 is 4.74 Å². The molecule has 2 aromatic carbocycles. The molecule has 2 aromatic rings. The van der Waals surface area contributed by atoms with Gasteiger partial charge in [-0.1, -0.05) is 53.2 Å². The maximum Gasteiger partial charge on any atom is 0.108 e. The van der Waals surface area contributed by atoms with Gasteiger partial charge in [-0.05, 0) is 40.8 Å². The second kappa shape index (κ2) is 4.87. The Labute approximate surface area is 116 Å². The Kier molecular flexibility index (Phi) is 3.23. The van der Waals surface area contributed by atoms with E-state index in [1.807, 2.05) is 0 Å². The lowest BCUT2D eigenvalue weighted by Gasteiger charge is -2.12. The zero-order valence-electron chi connectivity index (χ0n) is 10.3. The summed E-state index contributed by atoms with van der Waals surface area (Å²) >= 11 is 3.50. The van der Waals surface area contributed by atoms with Crippen LogP contribution in [0.3, 0.4) is 0 Å². The molecule has 0 spiro atoms. The van der Waals surface area contributed by atoms with Gasteiger partial charge in [0.25, 0.3) is 0 Å². The van der Waals surface area contributed by atoms with Crippen LogP contribution in [0, 0.1) is 0 Å². The fraction of sp³-hybridized carbons (Fsp3) is 0.250. The second-order valence-corrected chi connectivity index (χ2v) is 5.54. The Morgan fingerprint density at radius 3 is 2.67 bits per heavy atom. The number of fused-ring (bicyclic) bond motifs is 1. The lowest BCUT2D eigenvalue weighted by Crippen LogP contribution is -1.98. The molecule has 0 bridgehead atoms. The average molecular weight is 303 g/mol. The molecule has 0 radical (unpaired) electrons. The largest absolute Gasteiger partial charge is 0.364 e. The molecule has 0 fully saturated rings. The molecular formula is C16H15BrO. The van der Waals surface area contributed by atoms with Crippen molar-refractivity contribution in [1.82, 2.24) is 0 Å².